The second-order valence-corrected chi connectivity index (χ2v) is 6.06. The molecule has 0 bridgehead atoms. The normalized spacial score (nSPS) is 11.7. The van der Waals surface area contributed by atoms with E-state index in [1.807, 2.05) is 26.8 Å². The van der Waals surface area contributed by atoms with Crippen LogP contribution >= 0.6 is 11.3 Å². The molecule has 4 nitrogen and oxygen atoms in total. The molecule has 0 fully saturated rings. The second-order valence-electron chi connectivity index (χ2n) is 4.82. The van der Waals surface area contributed by atoms with Crippen molar-refractivity contribution in [3.8, 4) is 6.07 Å². The molecule has 0 radical (unpaired) electrons. The van der Waals surface area contributed by atoms with Crippen molar-refractivity contribution >= 4 is 17.2 Å². The van der Waals surface area contributed by atoms with Gasteiger partial charge >= 0.3 is 0 Å². The summed E-state index contributed by atoms with van der Waals surface area (Å²) in [5.41, 5.74) is 1.99. The molecule has 1 aromatic carbocycles. The number of hydrogen-bond donors (Lipinski definition) is 1. The fourth-order valence-corrected chi connectivity index (χ4v) is 3.01. The number of nitrogens with zero attached hydrogens (tertiary/aromatic N) is 2. The molecule has 1 atom stereocenters. The van der Waals surface area contributed by atoms with Crippen LogP contribution in [-0.2, 0) is 0 Å². The van der Waals surface area contributed by atoms with Crippen molar-refractivity contribution in [2.75, 3.05) is 0 Å². The molecule has 5 heteroatoms. The standard InChI is InChI=1S/C16H17N3OS/c1-4-14(16-18-10(2)11(3)21-16)19-15(20)13-7-5-6-12(8-13)9-17/h5-8,14H,4H2,1-3H3,(H,19,20)/t14-/m0/s1. The first-order valence-corrected chi connectivity index (χ1v) is 7.61. The highest BCUT2D eigenvalue weighted by Crippen LogP contribution is 2.25. The zero-order valence-electron chi connectivity index (χ0n) is 12.3. The highest BCUT2D eigenvalue weighted by atomic mass is 32.1. The lowest BCUT2D eigenvalue weighted by Gasteiger charge is -2.14. The van der Waals surface area contributed by atoms with E-state index in [9.17, 15) is 4.79 Å². The summed E-state index contributed by atoms with van der Waals surface area (Å²) in [7, 11) is 0. The van der Waals surface area contributed by atoms with Gasteiger partial charge in [-0.25, -0.2) is 4.98 Å². The van der Waals surface area contributed by atoms with Crippen molar-refractivity contribution in [2.24, 2.45) is 0 Å². The Balaban J connectivity index is 2.18. The smallest absolute Gasteiger partial charge is 0.251 e. The average molecular weight is 299 g/mol. The molecule has 21 heavy (non-hydrogen) atoms. The van der Waals surface area contributed by atoms with Gasteiger partial charge in [0.1, 0.15) is 5.01 Å². The van der Waals surface area contributed by atoms with Crippen LogP contribution in [0, 0.1) is 25.2 Å². The number of aryl methyl sites for hydroxylation is 2. The van der Waals surface area contributed by atoms with Crippen molar-refractivity contribution < 1.29 is 4.79 Å². The average Bonchev–Trinajstić information content (AvgIpc) is 2.83. The molecule has 1 aromatic heterocycles. The first-order valence-electron chi connectivity index (χ1n) is 6.80. The molecule has 0 saturated carbocycles. The Morgan fingerprint density at radius 3 is 2.81 bits per heavy atom. The van der Waals surface area contributed by atoms with E-state index in [1.165, 1.54) is 4.88 Å². The third kappa shape index (κ3) is 3.47. The largest absolute Gasteiger partial charge is 0.343 e. The van der Waals surface area contributed by atoms with Crippen LogP contribution < -0.4 is 5.32 Å². The monoisotopic (exact) mass is 299 g/mol. The van der Waals surface area contributed by atoms with Crippen LogP contribution in [0.15, 0.2) is 24.3 Å². The maximum absolute atomic E-state index is 12.3. The van der Waals surface area contributed by atoms with Gasteiger partial charge in [-0.3, -0.25) is 4.79 Å². The molecule has 0 spiro atoms. The van der Waals surface area contributed by atoms with E-state index in [2.05, 4.69) is 10.3 Å². The fourth-order valence-electron chi connectivity index (χ4n) is 1.96. The van der Waals surface area contributed by atoms with Crippen LogP contribution in [0.25, 0.3) is 0 Å². The zero-order valence-corrected chi connectivity index (χ0v) is 13.1. The van der Waals surface area contributed by atoms with Gasteiger partial charge in [-0.05, 0) is 38.5 Å². The number of nitrogens with one attached hydrogen (secondary N) is 1. The Morgan fingerprint density at radius 1 is 1.48 bits per heavy atom. The molecule has 1 amide bonds. The molecule has 2 aromatic rings. The zero-order chi connectivity index (χ0) is 15.4. The summed E-state index contributed by atoms with van der Waals surface area (Å²) in [4.78, 5) is 18.0. The van der Waals surface area contributed by atoms with Gasteiger partial charge in [-0.15, -0.1) is 11.3 Å². The fraction of sp³-hybridized carbons (Fsp3) is 0.312. The minimum Gasteiger partial charge on any atom is -0.343 e. The summed E-state index contributed by atoms with van der Waals surface area (Å²) in [6, 6.07) is 8.65. The summed E-state index contributed by atoms with van der Waals surface area (Å²) in [6.07, 6.45) is 0.774. The number of nitriles is 1. The van der Waals surface area contributed by atoms with Gasteiger partial charge in [0, 0.05) is 10.4 Å². The number of carbonyl (C=O) groups excluding carboxylic acids is 1. The third-order valence-corrected chi connectivity index (χ3v) is 4.50. The van der Waals surface area contributed by atoms with Crippen LogP contribution in [0.4, 0.5) is 0 Å². The Kier molecular flexibility index (Phi) is 4.71. The third-order valence-electron chi connectivity index (χ3n) is 3.31. The van der Waals surface area contributed by atoms with Crippen molar-refractivity contribution in [3.05, 3.63) is 51.0 Å². The first kappa shape index (κ1) is 15.2. The number of hydrogen-bond acceptors (Lipinski definition) is 4. The molecule has 0 aliphatic carbocycles. The Morgan fingerprint density at radius 2 is 2.24 bits per heavy atom. The van der Waals surface area contributed by atoms with Crippen LogP contribution in [0.1, 0.15) is 50.9 Å². The van der Waals surface area contributed by atoms with E-state index in [0.717, 1.165) is 17.1 Å². The van der Waals surface area contributed by atoms with Gasteiger partial charge in [0.2, 0.25) is 0 Å². The highest BCUT2D eigenvalue weighted by Gasteiger charge is 2.18. The number of carbonyl (C=O) groups is 1. The van der Waals surface area contributed by atoms with E-state index < -0.39 is 0 Å². The molecule has 0 aliphatic rings. The van der Waals surface area contributed by atoms with E-state index >= 15 is 0 Å². The first-order chi connectivity index (χ1) is 10.0. The lowest BCUT2D eigenvalue weighted by atomic mass is 10.1. The van der Waals surface area contributed by atoms with Crippen LogP contribution in [0.3, 0.4) is 0 Å². The van der Waals surface area contributed by atoms with E-state index in [4.69, 9.17) is 5.26 Å². The number of rotatable bonds is 4. The number of thiazole rings is 1. The molecular formula is C16H17N3OS. The summed E-state index contributed by atoms with van der Waals surface area (Å²) >= 11 is 1.61. The van der Waals surface area contributed by atoms with Gasteiger partial charge in [-0.2, -0.15) is 5.26 Å². The van der Waals surface area contributed by atoms with Crippen molar-refractivity contribution in [1.82, 2.24) is 10.3 Å². The molecule has 0 unspecified atom stereocenters. The summed E-state index contributed by atoms with van der Waals surface area (Å²) in [5, 5.41) is 12.8. The van der Waals surface area contributed by atoms with Crippen molar-refractivity contribution in [2.45, 2.75) is 33.2 Å². The molecule has 1 heterocycles. The molecular weight excluding hydrogens is 282 g/mol. The highest BCUT2D eigenvalue weighted by molar-refractivity contribution is 7.11. The van der Waals surface area contributed by atoms with Gasteiger partial charge in [-0.1, -0.05) is 13.0 Å². The van der Waals surface area contributed by atoms with Crippen LogP contribution in [-0.4, -0.2) is 10.9 Å². The maximum atomic E-state index is 12.3. The Hall–Kier alpha value is -2.19. The second kappa shape index (κ2) is 6.51. The Bertz CT molecular complexity index is 680. The molecule has 2 rings (SSSR count). The van der Waals surface area contributed by atoms with Crippen molar-refractivity contribution in [1.29, 1.82) is 5.26 Å². The maximum Gasteiger partial charge on any atom is 0.251 e. The topological polar surface area (TPSA) is 65.8 Å². The molecule has 0 saturated heterocycles. The number of amides is 1. The number of benzene rings is 1. The number of aromatic nitrogens is 1. The van der Waals surface area contributed by atoms with Crippen LogP contribution in [0.5, 0.6) is 0 Å². The Labute approximate surface area is 128 Å². The van der Waals surface area contributed by atoms with Gasteiger partial charge in [0.05, 0.1) is 23.4 Å². The van der Waals surface area contributed by atoms with E-state index in [-0.39, 0.29) is 11.9 Å². The minimum absolute atomic E-state index is 0.0966. The quantitative estimate of drug-likeness (QED) is 0.939. The summed E-state index contributed by atoms with van der Waals surface area (Å²) in [5.74, 6) is -0.176. The SMILES string of the molecule is CC[C@H](NC(=O)c1cccc(C#N)c1)c1nc(C)c(C)s1. The van der Waals surface area contributed by atoms with Gasteiger partial charge in [0.15, 0.2) is 0 Å². The van der Waals surface area contributed by atoms with E-state index in [1.54, 1.807) is 35.6 Å². The predicted molar refractivity (Wildman–Crippen MR) is 83.2 cm³/mol. The predicted octanol–water partition coefficient (Wildman–Crippen LogP) is 3.51. The lowest BCUT2D eigenvalue weighted by Crippen LogP contribution is -2.28. The van der Waals surface area contributed by atoms with Crippen LogP contribution in [0.2, 0.25) is 0 Å². The van der Waals surface area contributed by atoms with Gasteiger partial charge in [0.25, 0.3) is 5.91 Å². The minimum atomic E-state index is -0.176. The molecule has 0 aliphatic heterocycles. The summed E-state index contributed by atoms with van der Waals surface area (Å²) < 4.78 is 0. The lowest BCUT2D eigenvalue weighted by molar-refractivity contribution is 0.0935. The summed E-state index contributed by atoms with van der Waals surface area (Å²) in [6.45, 7) is 6.02. The molecule has 1 N–H and O–H groups in total. The van der Waals surface area contributed by atoms with Crippen molar-refractivity contribution in [3.63, 3.8) is 0 Å². The van der Waals surface area contributed by atoms with Gasteiger partial charge < -0.3 is 5.32 Å². The molecule has 108 valence electrons. The van der Waals surface area contributed by atoms with E-state index in [0.29, 0.717) is 11.1 Å².